The van der Waals surface area contributed by atoms with E-state index in [0.717, 1.165) is 37.7 Å². The highest BCUT2D eigenvalue weighted by molar-refractivity contribution is 5.89. The Morgan fingerprint density at radius 3 is 2.64 bits per heavy atom. The maximum atomic E-state index is 12.7. The predicted molar refractivity (Wildman–Crippen MR) is 94.6 cm³/mol. The van der Waals surface area contributed by atoms with Crippen LogP contribution in [0.4, 0.5) is 0 Å². The highest BCUT2D eigenvalue weighted by atomic mass is 16.3. The van der Waals surface area contributed by atoms with Gasteiger partial charge in [0.05, 0.1) is 6.10 Å². The molecule has 4 rings (SSSR count). The molecule has 25 heavy (non-hydrogen) atoms. The van der Waals surface area contributed by atoms with E-state index >= 15 is 0 Å². The minimum absolute atomic E-state index is 0.0369. The van der Waals surface area contributed by atoms with Crippen LogP contribution in [0.5, 0.6) is 0 Å². The zero-order valence-corrected chi connectivity index (χ0v) is 15.5. The maximum Gasteiger partial charge on any atom is 0.244 e. The summed E-state index contributed by atoms with van der Waals surface area (Å²) in [6.45, 7) is 6.76. The van der Waals surface area contributed by atoms with Crippen molar-refractivity contribution in [1.82, 2.24) is 10.6 Å². The van der Waals surface area contributed by atoms with Gasteiger partial charge in [0.15, 0.2) is 0 Å². The van der Waals surface area contributed by atoms with Crippen LogP contribution >= 0.6 is 0 Å². The van der Waals surface area contributed by atoms with E-state index in [2.05, 4.69) is 31.4 Å². The summed E-state index contributed by atoms with van der Waals surface area (Å²) in [4.78, 5) is 24.7. The van der Waals surface area contributed by atoms with Crippen LogP contribution in [-0.4, -0.2) is 34.6 Å². The summed E-state index contributed by atoms with van der Waals surface area (Å²) in [5.74, 6) is 0.350. The number of nitrogens with one attached hydrogen (secondary N) is 2. The largest absolute Gasteiger partial charge is 0.393 e. The molecule has 0 spiro atoms. The Morgan fingerprint density at radius 1 is 1.12 bits per heavy atom. The lowest BCUT2D eigenvalue weighted by molar-refractivity contribution is -0.135. The SMILES string of the molecule is C[C@]12CC[C@H](O)CC1=CC(=O)N[C@H]1[C@@H]3CCC(=O)N[C@@]3(C)CC[C@@]12C. The van der Waals surface area contributed by atoms with Gasteiger partial charge < -0.3 is 15.7 Å². The van der Waals surface area contributed by atoms with Crippen LogP contribution < -0.4 is 10.6 Å². The van der Waals surface area contributed by atoms with Crippen molar-refractivity contribution < 1.29 is 14.7 Å². The number of hydrogen-bond acceptors (Lipinski definition) is 3. The van der Waals surface area contributed by atoms with Crippen LogP contribution in [0.3, 0.4) is 0 Å². The van der Waals surface area contributed by atoms with Gasteiger partial charge in [0.1, 0.15) is 0 Å². The van der Waals surface area contributed by atoms with Gasteiger partial charge in [0.2, 0.25) is 11.8 Å². The molecule has 0 aromatic rings. The Morgan fingerprint density at radius 2 is 1.88 bits per heavy atom. The number of fused-ring (bicyclic) bond motifs is 5. The quantitative estimate of drug-likeness (QED) is 0.628. The Hall–Kier alpha value is -1.36. The fraction of sp³-hybridized carbons (Fsp3) is 0.800. The molecule has 1 saturated heterocycles. The first-order chi connectivity index (χ1) is 11.7. The molecule has 3 N–H and O–H groups in total. The maximum absolute atomic E-state index is 12.7. The summed E-state index contributed by atoms with van der Waals surface area (Å²) in [6.07, 6.45) is 7.01. The monoisotopic (exact) mass is 346 g/mol. The van der Waals surface area contributed by atoms with Gasteiger partial charge in [0, 0.05) is 30.0 Å². The van der Waals surface area contributed by atoms with Gasteiger partial charge in [-0.2, -0.15) is 0 Å². The number of amides is 2. The van der Waals surface area contributed by atoms with Crippen molar-refractivity contribution in [2.75, 3.05) is 0 Å². The predicted octanol–water partition coefficient (Wildman–Crippen LogP) is 2.05. The van der Waals surface area contributed by atoms with Gasteiger partial charge in [-0.3, -0.25) is 9.59 Å². The second-order valence-electron chi connectivity index (χ2n) is 9.41. The van der Waals surface area contributed by atoms with E-state index in [-0.39, 0.29) is 46.2 Å². The van der Waals surface area contributed by atoms with E-state index in [1.54, 1.807) is 6.08 Å². The minimum atomic E-state index is -0.338. The van der Waals surface area contributed by atoms with Crippen LogP contribution in [0.2, 0.25) is 0 Å². The Bertz CT molecular complexity index is 659. The molecular weight excluding hydrogens is 316 g/mol. The normalized spacial score (nSPS) is 49.6. The molecule has 0 aromatic heterocycles. The number of carbonyl (C=O) groups is 2. The Kier molecular flexibility index (Phi) is 3.63. The van der Waals surface area contributed by atoms with Gasteiger partial charge in [-0.1, -0.05) is 19.4 Å². The molecule has 0 bridgehead atoms. The lowest BCUT2D eigenvalue weighted by Gasteiger charge is -2.62. The number of aliphatic hydroxyl groups is 1. The molecule has 2 heterocycles. The first-order valence-electron chi connectivity index (χ1n) is 9.69. The molecule has 5 heteroatoms. The molecule has 2 aliphatic carbocycles. The summed E-state index contributed by atoms with van der Waals surface area (Å²) in [6, 6.07) is 0.0494. The van der Waals surface area contributed by atoms with E-state index < -0.39 is 0 Å². The van der Waals surface area contributed by atoms with Crippen LogP contribution in [0.1, 0.15) is 65.7 Å². The zero-order chi connectivity index (χ0) is 18.0. The summed E-state index contributed by atoms with van der Waals surface area (Å²) < 4.78 is 0. The van der Waals surface area contributed by atoms with Gasteiger partial charge in [0.25, 0.3) is 0 Å². The number of piperidine rings is 1. The molecule has 0 unspecified atom stereocenters. The molecule has 2 saturated carbocycles. The van der Waals surface area contributed by atoms with Crippen molar-refractivity contribution in [1.29, 1.82) is 0 Å². The van der Waals surface area contributed by atoms with E-state index in [1.165, 1.54) is 0 Å². The molecule has 2 amide bonds. The van der Waals surface area contributed by atoms with E-state index in [1.807, 2.05) is 0 Å². The Balaban J connectivity index is 1.78. The fourth-order valence-corrected chi connectivity index (χ4v) is 6.28. The fourth-order valence-electron chi connectivity index (χ4n) is 6.28. The minimum Gasteiger partial charge on any atom is -0.393 e. The molecule has 6 atom stereocenters. The third kappa shape index (κ3) is 2.31. The average Bonchev–Trinajstić information content (AvgIpc) is 2.61. The molecule has 5 nitrogen and oxygen atoms in total. The topological polar surface area (TPSA) is 78.4 Å². The van der Waals surface area contributed by atoms with Crippen molar-refractivity contribution in [3.8, 4) is 0 Å². The highest BCUT2D eigenvalue weighted by Gasteiger charge is 2.62. The molecule has 3 fully saturated rings. The van der Waals surface area contributed by atoms with Gasteiger partial charge in [-0.05, 0) is 56.3 Å². The van der Waals surface area contributed by atoms with Crippen molar-refractivity contribution in [3.63, 3.8) is 0 Å². The summed E-state index contributed by atoms with van der Waals surface area (Å²) in [5.41, 5.74) is 0.732. The number of aliphatic hydroxyl groups excluding tert-OH is 1. The standard InChI is InChI=1S/C20H30N2O3/c1-18-7-6-13(23)10-12(18)11-16(25)21-17-14-4-5-15(24)22-20(14,3)9-8-19(17,18)2/h11,13-14,17,23H,4-10H2,1-3H3,(H,21,25)(H,22,24)/t13-,14-,17-,18-,19-,20-/m0/s1. The molecule has 0 radical (unpaired) electrons. The molecule has 0 aromatic carbocycles. The smallest absolute Gasteiger partial charge is 0.244 e. The number of hydrogen-bond donors (Lipinski definition) is 3. The molecule has 4 aliphatic rings. The van der Waals surface area contributed by atoms with Gasteiger partial charge >= 0.3 is 0 Å². The van der Waals surface area contributed by atoms with Crippen LogP contribution in [0.15, 0.2) is 11.6 Å². The third-order valence-corrected chi connectivity index (χ3v) is 8.18. The second kappa shape index (κ2) is 5.32. The van der Waals surface area contributed by atoms with Crippen LogP contribution in [0, 0.1) is 16.7 Å². The second-order valence-corrected chi connectivity index (χ2v) is 9.41. The van der Waals surface area contributed by atoms with Gasteiger partial charge in [-0.15, -0.1) is 0 Å². The summed E-state index contributed by atoms with van der Waals surface area (Å²) >= 11 is 0. The lowest BCUT2D eigenvalue weighted by Crippen LogP contribution is -2.70. The molecular formula is C20H30N2O3. The van der Waals surface area contributed by atoms with Crippen molar-refractivity contribution in [3.05, 3.63) is 11.6 Å². The van der Waals surface area contributed by atoms with E-state index in [4.69, 9.17) is 0 Å². The third-order valence-electron chi connectivity index (χ3n) is 8.18. The summed E-state index contributed by atoms with van der Waals surface area (Å²) in [7, 11) is 0. The van der Waals surface area contributed by atoms with Gasteiger partial charge in [-0.25, -0.2) is 0 Å². The first kappa shape index (κ1) is 17.1. The Labute approximate surface area is 149 Å². The zero-order valence-electron chi connectivity index (χ0n) is 15.5. The lowest BCUT2D eigenvalue weighted by atomic mass is 9.46. The average molecular weight is 346 g/mol. The van der Waals surface area contributed by atoms with Crippen molar-refractivity contribution >= 4 is 11.8 Å². The van der Waals surface area contributed by atoms with Crippen LogP contribution in [-0.2, 0) is 9.59 Å². The van der Waals surface area contributed by atoms with Crippen LogP contribution in [0.25, 0.3) is 0 Å². The van der Waals surface area contributed by atoms with E-state index in [9.17, 15) is 14.7 Å². The first-order valence-corrected chi connectivity index (χ1v) is 9.69. The molecule has 2 aliphatic heterocycles. The summed E-state index contributed by atoms with van der Waals surface area (Å²) in [5, 5.41) is 16.7. The van der Waals surface area contributed by atoms with E-state index in [0.29, 0.717) is 12.8 Å². The highest BCUT2D eigenvalue weighted by Crippen LogP contribution is 2.62. The number of carbonyl (C=O) groups excluding carboxylic acids is 2. The molecule has 138 valence electrons. The van der Waals surface area contributed by atoms with Crippen molar-refractivity contribution in [2.45, 2.75) is 83.4 Å². The van der Waals surface area contributed by atoms with Crippen molar-refractivity contribution in [2.24, 2.45) is 16.7 Å². The number of rotatable bonds is 0.